The Morgan fingerprint density at radius 3 is 2.28 bits per heavy atom. The highest BCUT2D eigenvalue weighted by atomic mass is 19.3. The van der Waals surface area contributed by atoms with Crippen molar-refractivity contribution in [1.29, 1.82) is 0 Å². The topological polar surface area (TPSA) is 71.1 Å². The quantitative estimate of drug-likeness (QED) is 0.705. The summed E-state index contributed by atoms with van der Waals surface area (Å²) in [5, 5.41) is 2.98. The number of rotatable bonds is 7. The maximum atomic E-state index is 12.8. The molecule has 3 rings (SSSR count). The van der Waals surface area contributed by atoms with Crippen LogP contribution in [0.25, 0.3) is 0 Å². The lowest BCUT2D eigenvalue weighted by Crippen LogP contribution is -2.50. The summed E-state index contributed by atoms with van der Waals surface area (Å²) in [7, 11) is 1.32. The molecule has 0 spiro atoms. The molecule has 1 saturated heterocycles. The van der Waals surface area contributed by atoms with E-state index in [4.69, 9.17) is 4.74 Å². The fourth-order valence-corrected chi connectivity index (χ4v) is 3.68. The third-order valence-corrected chi connectivity index (χ3v) is 5.40. The summed E-state index contributed by atoms with van der Waals surface area (Å²) < 4.78 is 34.4. The number of alkyl halides is 2. The molecular formula is C23H27F2N3O4. The van der Waals surface area contributed by atoms with Gasteiger partial charge in [0.25, 0.3) is 5.91 Å². The Balaban J connectivity index is 1.55. The van der Waals surface area contributed by atoms with Crippen LogP contribution in [0.2, 0.25) is 0 Å². The van der Waals surface area contributed by atoms with Gasteiger partial charge in [0, 0.05) is 37.4 Å². The lowest BCUT2D eigenvalue weighted by atomic mass is 10.1. The number of anilines is 1. The van der Waals surface area contributed by atoms with Gasteiger partial charge in [0.05, 0.1) is 13.7 Å². The second-order valence-corrected chi connectivity index (χ2v) is 7.63. The molecule has 0 bridgehead atoms. The first-order chi connectivity index (χ1) is 15.3. The summed E-state index contributed by atoms with van der Waals surface area (Å²) in [6.07, 6.45) is 0. The molecule has 2 aromatic rings. The molecule has 0 radical (unpaired) electrons. The fourth-order valence-electron chi connectivity index (χ4n) is 3.68. The van der Waals surface area contributed by atoms with Crippen molar-refractivity contribution in [3.63, 3.8) is 0 Å². The number of ether oxygens (including phenoxy) is 2. The number of amides is 2. The third-order valence-electron chi connectivity index (χ3n) is 5.40. The van der Waals surface area contributed by atoms with Gasteiger partial charge in [0.15, 0.2) is 11.5 Å². The van der Waals surface area contributed by atoms with Crippen molar-refractivity contribution in [1.82, 2.24) is 9.80 Å². The van der Waals surface area contributed by atoms with Gasteiger partial charge in [0.2, 0.25) is 5.91 Å². The van der Waals surface area contributed by atoms with Gasteiger partial charge in [-0.3, -0.25) is 14.5 Å². The number of para-hydroxylation sites is 1. The molecule has 1 fully saturated rings. The number of nitrogens with zero attached hydrogens (tertiary/aromatic N) is 2. The number of methoxy groups -OCH3 is 1. The van der Waals surface area contributed by atoms with Gasteiger partial charge in [-0.2, -0.15) is 8.78 Å². The largest absolute Gasteiger partial charge is 0.493 e. The van der Waals surface area contributed by atoms with Gasteiger partial charge in [-0.05, 0) is 43.2 Å². The van der Waals surface area contributed by atoms with Gasteiger partial charge in [-0.1, -0.05) is 18.2 Å². The van der Waals surface area contributed by atoms with E-state index < -0.39 is 6.61 Å². The first-order valence-corrected chi connectivity index (χ1v) is 10.3. The second kappa shape index (κ2) is 10.4. The maximum absolute atomic E-state index is 12.8. The van der Waals surface area contributed by atoms with Crippen molar-refractivity contribution >= 4 is 17.5 Å². The number of nitrogens with one attached hydrogen (secondary N) is 1. The lowest BCUT2D eigenvalue weighted by Gasteiger charge is -2.34. The first-order valence-electron chi connectivity index (χ1n) is 10.3. The Bertz CT molecular complexity index is 955. The minimum atomic E-state index is -2.98. The van der Waals surface area contributed by atoms with E-state index in [0.29, 0.717) is 31.7 Å². The summed E-state index contributed by atoms with van der Waals surface area (Å²) in [6.45, 7) is 3.17. The van der Waals surface area contributed by atoms with E-state index in [-0.39, 0.29) is 29.9 Å². The van der Waals surface area contributed by atoms with Gasteiger partial charge in [-0.25, -0.2) is 0 Å². The highest BCUT2D eigenvalue weighted by Gasteiger charge is 2.24. The molecule has 0 aliphatic carbocycles. The van der Waals surface area contributed by atoms with E-state index in [9.17, 15) is 18.4 Å². The molecule has 32 heavy (non-hydrogen) atoms. The van der Waals surface area contributed by atoms with E-state index in [1.807, 2.05) is 36.9 Å². The summed E-state index contributed by atoms with van der Waals surface area (Å²) in [6, 6.07) is 9.98. The van der Waals surface area contributed by atoms with Crippen molar-refractivity contribution in [2.24, 2.45) is 0 Å². The lowest BCUT2D eigenvalue weighted by molar-refractivity contribution is -0.117. The summed E-state index contributed by atoms with van der Waals surface area (Å²) >= 11 is 0. The van der Waals surface area contributed by atoms with E-state index in [1.165, 1.54) is 25.3 Å². The molecule has 1 N–H and O–H groups in total. The molecule has 0 unspecified atom stereocenters. The second-order valence-electron chi connectivity index (χ2n) is 7.63. The molecular weight excluding hydrogens is 420 g/mol. The molecule has 1 aliphatic heterocycles. The molecule has 2 amide bonds. The zero-order chi connectivity index (χ0) is 23.3. The zero-order valence-corrected chi connectivity index (χ0v) is 18.4. The van der Waals surface area contributed by atoms with Gasteiger partial charge in [-0.15, -0.1) is 0 Å². The Hall–Kier alpha value is -3.20. The maximum Gasteiger partial charge on any atom is 0.387 e. The Kier molecular flexibility index (Phi) is 7.63. The monoisotopic (exact) mass is 447 g/mol. The Labute approximate surface area is 185 Å². The SMILES string of the molecule is COc1cc(C(=O)N2CCN(CC(=O)Nc3c(C)cccc3C)CC2)ccc1OC(F)F. The van der Waals surface area contributed by atoms with E-state index >= 15 is 0 Å². The van der Waals surface area contributed by atoms with Gasteiger partial charge in [0.1, 0.15) is 0 Å². The van der Waals surface area contributed by atoms with Crippen LogP contribution in [-0.2, 0) is 4.79 Å². The van der Waals surface area contributed by atoms with Crippen LogP contribution in [0.3, 0.4) is 0 Å². The van der Waals surface area contributed by atoms with Crippen molar-refractivity contribution in [3.05, 3.63) is 53.1 Å². The highest BCUT2D eigenvalue weighted by Crippen LogP contribution is 2.30. The highest BCUT2D eigenvalue weighted by molar-refractivity contribution is 5.95. The van der Waals surface area contributed by atoms with Crippen LogP contribution in [0.1, 0.15) is 21.5 Å². The van der Waals surface area contributed by atoms with E-state index in [0.717, 1.165) is 16.8 Å². The van der Waals surface area contributed by atoms with Gasteiger partial charge >= 0.3 is 6.61 Å². The molecule has 1 heterocycles. The number of carbonyl (C=O) groups excluding carboxylic acids is 2. The molecule has 0 aromatic heterocycles. The fraction of sp³-hybridized carbons (Fsp3) is 0.391. The standard InChI is InChI=1S/C23H27F2N3O4/c1-15-5-4-6-16(2)21(15)26-20(29)14-27-9-11-28(12-10-27)22(30)17-7-8-18(32-23(24)25)19(13-17)31-3/h4-8,13,23H,9-12,14H2,1-3H3,(H,26,29). The van der Waals surface area contributed by atoms with Crippen molar-refractivity contribution in [2.75, 3.05) is 45.2 Å². The number of aryl methyl sites for hydroxylation is 2. The molecule has 0 atom stereocenters. The number of piperazine rings is 1. The minimum Gasteiger partial charge on any atom is -0.493 e. The van der Waals surface area contributed by atoms with Crippen LogP contribution in [0.4, 0.5) is 14.5 Å². The molecule has 172 valence electrons. The van der Waals surface area contributed by atoms with Crippen molar-refractivity contribution in [2.45, 2.75) is 20.5 Å². The number of hydrogen-bond acceptors (Lipinski definition) is 5. The molecule has 9 heteroatoms. The predicted octanol–water partition coefficient (Wildman–Crippen LogP) is 3.31. The van der Waals surface area contributed by atoms with Crippen LogP contribution in [0.5, 0.6) is 11.5 Å². The normalized spacial score (nSPS) is 14.4. The van der Waals surface area contributed by atoms with Crippen LogP contribution >= 0.6 is 0 Å². The van der Waals surface area contributed by atoms with Crippen LogP contribution in [0.15, 0.2) is 36.4 Å². The Morgan fingerprint density at radius 2 is 1.69 bits per heavy atom. The van der Waals surface area contributed by atoms with Crippen LogP contribution < -0.4 is 14.8 Å². The number of halogens is 2. The first kappa shape index (κ1) is 23.5. The zero-order valence-electron chi connectivity index (χ0n) is 18.4. The third kappa shape index (κ3) is 5.73. The molecule has 7 nitrogen and oxygen atoms in total. The van der Waals surface area contributed by atoms with E-state index in [1.54, 1.807) is 4.90 Å². The van der Waals surface area contributed by atoms with E-state index in [2.05, 4.69) is 10.1 Å². The minimum absolute atomic E-state index is 0.0676. The number of benzene rings is 2. The number of hydrogen-bond donors (Lipinski definition) is 1. The summed E-state index contributed by atoms with van der Waals surface area (Å²) in [5.74, 6) is -0.384. The average Bonchev–Trinajstić information content (AvgIpc) is 2.76. The summed E-state index contributed by atoms with van der Waals surface area (Å²) in [4.78, 5) is 29.0. The summed E-state index contributed by atoms with van der Waals surface area (Å²) in [5.41, 5.74) is 3.17. The van der Waals surface area contributed by atoms with Crippen molar-refractivity contribution < 1.29 is 27.8 Å². The molecule has 0 saturated carbocycles. The molecule has 1 aliphatic rings. The van der Waals surface area contributed by atoms with Crippen molar-refractivity contribution in [3.8, 4) is 11.5 Å². The smallest absolute Gasteiger partial charge is 0.387 e. The van der Waals surface area contributed by atoms with Gasteiger partial charge < -0.3 is 19.7 Å². The number of carbonyl (C=O) groups is 2. The van der Waals surface area contributed by atoms with Crippen LogP contribution in [-0.4, -0.2) is 68.1 Å². The molecule has 2 aromatic carbocycles. The van der Waals surface area contributed by atoms with Crippen LogP contribution in [0, 0.1) is 13.8 Å². The predicted molar refractivity (Wildman–Crippen MR) is 117 cm³/mol. The Morgan fingerprint density at radius 1 is 1.03 bits per heavy atom. The average molecular weight is 447 g/mol.